The van der Waals surface area contributed by atoms with Gasteiger partial charge in [0.25, 0.3) is 0 Å². The first kappa shape index (κ1) is 21.9. The molecule has 0 radical (unpaired) electrons. The van der Waals surface area contributed by atoms with Gasteiger partial charge < -0.3 is 10.2 Å². The number of aliphatic hydroxyl groups excluding tert-OH is 2. The molecule has 3 saturated carbocycles. The topological polar surface area (TPSA) is 40.5 Å². The molecule has 9 atom stereocenters. The van der Waals surface area contributed by atoms with Gasteiger partial charge in [0.05, 0.1) is 12.2 Å². The van der Waals surface area contributed by atoms with E-state index in [9.17, 15) is 10.2 Å². The van der Waals surface area contributed by atoms with Crippen molar-refractivity contribution in [3.8, 4) is 0 Å². The maximum absolute atomic E-state index is 11.3. The Balaban J connectivity index is 1.54. The molecule has 0 aromatic heterocycles. The van der Waals surface area contributed by atoms with Gasteiger partial charge >= 0.3 is 0 Å². The molecule has 0 aromatic rings. The highest BCUT2D eigenvalue weighted by atomic mass is 16.3. The lowest BCUT2D eigenvalue weighted by Gasteiger charge is -2.59. The Morgan fingerprint density at radius 3 is 2.45 bits per heavy atom. The van der Waals surface area contributed by atoms with E-state index in [2.05, 4.69) is 40.7 Å². The van der Waals surface area contributed by atoms with Crippen LogP contribution in [-0.4, -0.2) is 22.4 Å². The first-order chi connectivity index (χ1) is 13.7. The first-order valence-electron chi connectivity index (χ1n) is 12.7. The smallest absolute Gasteiger partial charge is 0.0757 e. The molecule has 0 aromatic carbocycles. The van der Waals surface area contributed by atoms with Crippen molar-refractivity contribution in [1.82, 2.24) is 0 Å². The van der Waals surface area contributed by atoms with E-state index in [1.165, 1.54) is 50.5 Å². The van der Waals surface area contributed by atoms with E-state index in [0.29, 0.717) is 23.2 Å². The van der Waals surface area contributed by atoms with Crippen LogP contribution < -0.4 is 0 Å². The predicted octanol–water partition coefficient (Wildman–Crippen LogP) is 6.36. The highest BCUT2D eigenvalue weighted by Crippen LogP contribution is 2.67. The summed E-state index contributed by atoms with van der Waals surface area (Å²) in [4.78, 5) is 0. The van der Waals surface area contributed by atoms with E-state index in [0.717, 1.165) is 37.0 Å². The van der Waals surface area contributed by atoms with E-state index >= 15 is 0 Å². The second kappa shape index (κ2) is 7.97. The van der Waals surface area contributed by atoms with Crippen LogP contribution in [0, 0.1) is 46.3 Å². The zero-order valence-electron chi connectivity index (χ0n) is 19.7. The molecule has 2 nitrogen and oxygen atoms in total. The van der Waals surface area contributed by atoms with Gasteiger partial charge in [-0.15, -0.1) is 0 Å². The summed E-state index contributed by atoms with van der Waals surface area (Å²) >= 11 is 0. The van der Waals surface area contributed by atoms with E-state index in [4.69, 9.17) is 0 Å². The second-order valence-corrected chi connectivity index (χ2v) is 12.3. The lowest BCUT2D eigenvalue weighted by Crippen LogP contribution is -2.54. The van der Waals surface area contributed by atoms with Crippen LogP contribution >= 0.6 is 0 Å². The van der Waals surface area contributed by atoms with Gasteiger partial charge in [-0.05, 0) is 91.3 Å². The molecule has 29 heavy (non-hydrogen) atoms. The summed E-state index contributed by atoms with van der Waals surface area (Å²) in [7, 11) is 0. The first-order valence-corrected chi connectivity index (χ1v) is 12.7. The van der Waals surface area contributed by atoms with Crippen molar-refractivity contribution in [1.29, 1.82) is 0 Å². The molecule has 1 unspecified atom stereocenters. The van der Waals surface area contributed by atoms with Crippen LogP contribution in [-0.2, 0) is 0 Å². The van der Waals surface area contributed by atoms with Crippen molar-refractivity contribution < 1.29 is 10.2 Å². The molecule has 0 saturated heterocycles. The van der Waals surface area contributed by atoms with Crippen molar-refractivity contribution in [2.75, 3.05) is 0 Å². The number of rotatable bonds is 5. The zero-order valence-corrected chi connectivity index (χ0v) is 19.7. The molecule has 0 bridgehead atoms. The minimum atomic E-state index is -0.298. The molecule has 166 valence electrons. The Morgan fingerprint density at radius 1 is 0.966 bits per heavy atom. The summed E-state index contributed by atoms with van der Waals surface area (Å²) in [6.07, 6.45) is 13.9. The molecule has 2 N–H and O–H groups in total. The standard InChI is InChI=1S/C27H46O2/c1-17(2)7-6-8-18(3)21-9-10-22-25-23(12-14-27(21,22)5)26(4)13-11-20(28)15-19(26)16-24(25)29/h16-18,20-25,28-29H,6-15H2,1-5H3/t18-,20+,21?,22+,23+,24-,25+,26+,27-/m1/s1. The largest absolute Gasteiger partial charge is 0.393 e. The van der Waals surface area contributed by atoms with Gasteiger partial charge in [0.2, 0.25) is 0 Å². The van der Waals surface area contributed by atoms with Crippen LogP contribution in [0.4, 0.5) is 0 Å². The van der Waals surface area contributed by atoms with Crippen molar-refractivity contribution in [2.24, 2.45) is 46.3 Å². The number of hydrogen-bond acceptors (Lipinski definition) is 2. The highest BCUT2D eigenvalue weighted by molar-refractivity contribution is 5.27. The molecular formula is C27H46O2. The third-order valence-electron chi connectivity index (χ3n) is 10.3. The quantitative estimate of drug-likeness (QED) is 0.525. The van der Waals surface area contributed by atoms with Crippen LogP contribution in [0.1, 0.15) is 98.8 Å². The molecule has 2 heteroatoms. The molecule has 4 rings (SSSR count). The van der Waals surface area contributed by atoms with E-state index in [-0.39, 0.29) is 17.6 Å². The number of fused-ring (bicyclic) bond motifs is 5. The molecule has 0 aliphatic heterocycles. The number of hydrogen-bond donors (Lipinski definition) is 2. The van der Waals surface area contributed by atoms with Gasteiger partial charge in [-0.25, -0.2) is 0 Å². The van der Waals surface area contributed by atoms with Crippen molar-refractivity contribution in [2.45, 2.75) is 111 Å². The minimum absolute atomic E-state index is 0.200. The normalized spacial score (nSPS) is 47.9. The maximum atomic E-state index is 11.3. The Morgan fingerprint density at radius 2 is 1.72 bits per heavy atom. The average Bonchev–Trinajstić information content (AvgIpc) is 3.00. The summed E-state index contributed by atoms with van der Waals surface area (Å²) in [5, 5.41) is 21.5. The Bertz CT molecular complexity index is 624. The van der Waals surface area contributed by atoms with Gasteiger partial charge in [-0.3, -0.25) is 0 Å². The molecular weight excluding hydrogens is 356 g/mol. The molecule has 4 aliphatic carbocycles. The van der Waals surface area contributed by atoms with Crippen molar-refractivity contribution in [3.63, 3.8) is 0 Å². The van der Waals surface area contributed by atoms with Gasteiger partial charge in [-0.2, -0.15) is 0 Å². The van der Waals surface area contributed by atoms with E-state index in [1.54, 1.807) is 0 Å². The SMILES string of the molecule is CC(C)CCC[C@@H](C)C1CC[C@H]2[C@@H]3[C@H](O)C=C4C[C@@H](O)CC[C@]4(C)[C@H]3CC[C@]12C. The van der Waals surface area contributed by atoms with Crippen molar-refractivity contribution >= 4 is 0 Å². The summed E-state index contributed by atoms with van der Waals surface area (Å²) in [6.45, 7) is 12.2. The molecule has 0 spiro atoms. The zero-order chi connectivity index (χ0) is 21.0. The van der Waals surface area contributed by atoms with Crippen LogP contribution in [0.5, 0.6) is 0 Å². The summed E-state index contributed by atoms with van der Waals surface area (Å²) in [6, 6.07) is 0. The Hall–Kier alpha value is -0.340. The van der Waals surface area contributed by atoms with Gasteiger partial charge in [0, 0.05) is 0 Å². The van der Waals surface area contributed by atoms with Gasteiger partial charge in [0.15, 0.2) is 0 Å². The summed E-state index contributed by atoms with van der Waals surface area (Å²) in [5.41, 5.74) is 1.99. The molecule has 0 heterocycles. The van der Waals surface area contributed by atoms with Crippen LogP contribution in [0.3, 0.4) is 0 Å². The second-order valence-electron chi connectivity index (χ2n) is 12.3. The predicted molar refractivity (Wildman–Crippen MR) is 120 cm³/mol. The fourth-order valence-electron chi connectivity index (χ4n) is 8.65. The van der Waals surface area contributed by atoms with Crippen LogP contribution in [0.25, 0.3) is 0 Å². The van der Waals surface area contributed by atoms with E-state index < -0.39 is 0 Å². The lowest BCUT2D eigenvalue weighted by molar-refractivity contribution is -0.0970. The molecule has 3 fully saturated rings. The Kier molecular flexibility index (Phi) is 6.01. The fraction of sp³-hybridized carbons (Fsp3) is 0.926. The van der Waals surface area contributed by atoms with Crippen LogP contribution in [0.2, 0.25) is 0 Å². The third kappa shape index (κ3) is 3.65. The van der Waals surface area contributed by atoms with Crippen molar-refractivity contribution in [3.05, 3.63) is 11.6 Å². The minimum Gasteiger partial charge on any atom is -0.393 e. The molecule has 0 amide bonds. The monoisotopic (exact) mass is 402 g/mol. The van der Waals surface area contributed by atoms with Gasteiger partial charge in [-0.1, -0.05) is 65.5 Å². The maximum Gasteiger partial charge on any atom is 0.0757 e. The van der Waals surface area contributed by atoms with Crippen LogP contribution in [0.15, 0.2) is 11.6 Å². The number of aliphatic hydroxyl groups is 2. The van der Waals surface area contributed by atoms with Gasteiger partial charge in [0.1, 0.15) is 0 Å². The summed E-state index contributed by atoms with van der Waals surface area (Å²) in [5.74, 6) is 4.18. The van der Waals surface area contributed by atoms with E-state index in [1.807, 2.05) is 0 Å². The fourth-order valence-corrected chi connectivity index (χ4v) is 8.65. The molecule has 4 aliphatic rings. The third-order valence-corrected chi connectivity index (χ3v) is 10.3. The average molecular weight is 403 g/mol. The highest BCUT2D eigenvalue weighted by Gasteiger charge is 2.61. The Labute approximate surface area is 179 Å². The summed E-state index contributed by atoms with van der Waals surface area (Å²) < 4.78 is 0. The lowest BCUT2D eigenvalue weighted by atomic mass is 9.46.